The highest BCUT2D eigenvalue weighted by Gasteiger charge is 2.15. The highest BCUT2D eigenvalue weighted by molar-refractivity contribution is 5.49. The van der Waals surface area contributed by atoms with E-state index in [0.717, 1.165) is 57.1 Å². The van der Waals surface area contributed by atoms with Gasteiger partial charge < -0.3 is 9.64 Å². The maximum atomic E-state index is 5.25. The molecule has 0 atom stereocenters. The van der Waals surface area contributed by atoms with Crippen molar-refractivity contribution in [1.29, 1.82) is 0 Å². The SMILES string of the molecule is CCCc1ncc(CN2CCCN(c3ccc(OC)cc3)CC2)cn1. The summed E-state index contributed by atoms with van der Waals surface area (Å²) in [5.41, 5.74) is 2.48. The van der Waals surface area contributed by atoms with Crippen molar-refractivity contribution >= 4 is 5.69 Å². The lowest BCUT2D eigenvalue weighted by Crippen LogP contribution is -2.30. The second-order valence-corrected chi connectivity index (χ2v) is 6.57. The van der Waals surface area contributed by atoms with Crippen molar-refractivity contribution < 1.29 is 4.74 Å². The van der Waals surface area contributed by atoms with Crippen LogP contribution < -0.4 is 9.64 Å². The first-order valence-corrected chi connectivity index (χ1v) is 9.19. The van der Waals surface area contributed by atoms with Gasteiger partial charge in [0.25, 0.3) is 0 Å². The van der Waals surface area contributed by atoms with Crippen LogP contribution in [0.15, 0.2) is 36.7 Å². The first-order valence-electron chi connectivity index (χ1n) is 9.19. The quantitative estimate of drug-likeness (QED) is 0.808. The van der Waals surface area contributed by atoms with E-state index in [1.54, 1.807) is 7.11 Å². The number of benzene rings is 1. The molecule has 0 aliphatic carbocycles. The predicted molar refractivity (Wildman–Crippen MR) is 101 cm³/mol. The second kappa shape index (κ2) is 8.81. The second-order valence-electron chi connectivity index (χ2n) is 6.57. The van der Waals surface area contributed by atoms with Crippen LogP contribution in [-0.2, 0) is 13.0 Å². The van der Waals surface area contributed by atoms with Crippen molar-refractivity contribution in [3.05, 3.63) is 48.0 Å². The minimum Gasteiger partial charge on any atom is -0.497 e. The average molecular weight is 340 g/mol. The average Bonchev–Trinajstić information content (AvgIpc) is 2.89. The Balaban J connectivity index is 1.55. The first-order chi connectivity index (χ1) is 12.3. The number of methoxy groups -OCH3 is 1. The number of nitrogens with zero attached hydrogens (tertiary/aromatic N) is 4. The number of ether oxygens (including phenoxy) is 1. The molecule has 0 radical (unpaired) electrons. The molecule has 0 N–H and O–H groups in total. The van der Waals surface area contributed by atoms with Crippen molar-refractivity contribution in [2.75, 3.05) is 38.2 Å². The summed E-state index contributed by atoms with van der Waals surface area (Å²) >= 11 is 0. The zero-order chi connectivity index (χ0) is 17.5. The lowest BCUT2D eigenvalue weighted by molar-refractivity contribution is 0.284. The number of aryl methyl sites for hydroxylation is 1. The third-order valence-electron chi connectivity index (χ3n) is 4.66. The molecule has 2 aromatic rings. The molecule has 3 rings (SSSR count). The fraction of sp³-hybridized carbons (Fsp3) is 0.500. The first kappa shape index (κ1) is 17.7. The Morgan fingerprint density at radius 3 is 2.44 bits per heavy atom. The third-order valence-corrected chi connectivity index (χ3v) is 4.66. The molecule has 5 heteroatoms. The molecule has 1 aromatic carbocycles. The van der Waals surface area contributed by atoms with E-state index in [-0.39, 0.29) is 0 Å². The summed E-state index contributed by atoms with van der Waals surface area (Å²) in [6.45, 7) is 7.40. The molecule has 25 heavy (non-hydrogen) atoms. The number of hydrogen-bond donors (Lipinski definition) is 0. The summed E-state index contributed by atoms with van der Waals surface area (Å²) in [5, 5.41) is 0. The van der Waals surface area contributed by atoms with Crippen LogP contribution in [0.4, 0.5) is 5.69 Å². The fourth-order valence-electron chi connectivity index (χ4n) is 3.25. The van der Waals surface area contributed by atoms with Gasteiger partial charge in [-0.05, 0) is 37.1 Å². The molecule has 1 aromatic heterocycles. The largest absolute Gasteiger partial charge is 0.497 e. The van der Waals surface area contributed by atoms with Crippen LogP contribution in [0.1, 0.15) is 31.2 Å². The van der Waals surface area contributed by atoms with Crippen molar-refractivity contribution in [3.8, 4) is 5.75 Å². The molecule has 0 spiro atoms. The van der Waals surface area contributed by atoms with Crippen molar-refractivity contribution in [1.82, 2.24) is 14.9 Å². The molecule has 1 aliphatic heterocycles. The Kier molecular flexibility index (Phi) is 6.23. The lowest BCUT2D eigenvalue weighted by atomic mass is 10.2. The van der Waals surface area contributed by atoms with Crippen LogP contribution >= 0.6 is 0 Å². The highest BCUT2D eigenvalue weighted by Crippen LogP contribution is 2.21. The number of hydrogen-bond acceptors (Lipinski definition) is 5. The smallest absolute Gasteiger partial charge is 0.128 e. The molecule has 0 amide bonds. The van der Waals surface area contributed by atoms with E-state index >= 15 is 0 Å². The number of anilines is 1. The van der Waals surface area contributed by atoms with Gasteiger partial charge in [0.2, 0.25) is 0 Å². The number of aromatic nitrogens is 2. The van der Waals surface area contributed by atoms with Crippen LogP contribution in [0.5, 0.6) is 5.75 Å². The molecule has 0 unspecified atom stereocenters. The van der Waals surface area contributed by atoms with Crippen LogP contribution in [-0.4, -0.2) is 48.2 Å². The van der Waals surface area contributed by atoms with Crippen LogP contribution in [0.3, 0.4) is 0 Å². The summed E-state index contributed by atoms with van der Waals surface area (Å²) in [7, 11) is 1.71. The van der Waals surface area contributed by atoms with Gasteiger partial charge in [-0.25, -0.2) is 9.97 Å². The zero-order valence-corrected chi connectivity index (χ0v) is 15.3. The maximum absolute atomic E-state index is 5.25. The Morgan fingerprint density at radius 1 is 1.00 bits per heavy atom. The van der Waals surface area contributed by atoms with E-state index in [0.29, 0.717) is 0 Å². The summed E-state index contributed by atoms with van der Waals surface area (Å²) in [4.78, 5) is 13.9. The van der Waals surface area contributed by atoms with E-state index < -0.39 is 0 Å². The van der Waals surface area contributed by atoms with Gasteiger partial charge in [0.15, 0.2) is 0 Å². The third kappa shape index (κ3) is 4.92. The minimum atomic E-state index is 0.909. The van der Waals surface area contributed by atoms with E-state index in [1.807, 2.05) is 24.5 Å². The molecule has 1 saturated heterocycles. The molecule has 5 nitrogen and oxygen atoms in total. The van der Waals surface area contributed by atoms with Crippen molar-refractivity contribution in [3.63, 3.8) is 0 Å². The van der Waals surface area contributed by atoms with Gasteiger partial charge in [0.05, 0.1) is 7.11 Å². The summed E-state index contributed by atoms with van der Waals surface area (Å²) in [5.74, 6) is 1.86. The predicted octanol–water partition coefficient (Wildman–Crippen LogP) is 3.15. The van der Waals surface area contributed by atoms with E-state index in [9.17, 15) is 0 Å². The van der Waals surface area contributed by atoms with Crippen molar-refractivity contribution in [2.45, 2.75) is 32.7 Å². The molecule has 0 bridgehead atoms. The standard InChI is InChI=1S/C20H28N4O/c1-3-5-20-21-14-17(15-22-20)16-23-10-4-11-24(13-12-23)18-6-8-19(25-2)9-7-18/h6-9,14-15H,3-5,10-13,16H2,1-2H3. The molecule has 1 aliphatic rings. The van der Waals surface area contributed by atoms with Gasteiger partial charge in [-0.3, -0.25) is 4.90 Å². The monoisotopic (exact) mass is 340 g/mol. The molecular formula is C20H28N4O. The van der Waals surface area contributed by atoms with Gasteiger partial charge in [-0.15, -0.1) is 0 Å². The topological polar surface area (TPSA) is 41.5 Å². The fourth-order valence-corrected chi connectivity index (χ4v) is 3.25. The Hall–Kier alpha value is -2.14. The molecule has 1 fully saturated rings. The molecular weight excluding hydrogens is 312 g/mol. The highest BCUT2D eigenvalue weighted by atomic mass is 16.5. The normalized spacial score (nSPS) is 15.8. The Morgan fingerprint density at radius 2 is 1.76 bits per heavy atom. The summed E-state index contributed by atoms with van der Waals surface area (Å²) < 4.78 is 5.25. The van der Waals surface area contributed by atoms with Crippen LogP contribution in [0.25, 0.3) is 0 Å². The minimum absolute atomic E-state index is 0.909. The van der Waals surface area contributed by atoms with E-state index in [4.69, 9.17) is 4.74 Å². The van der Waals surface area contributed by atoms with E-state index in [2.05, 4.69) is 38.8 Å². The number of rotatable bonds is 6. The molecule has 0 saturated carbocycles. The van der Waals surface area contributed by atoms with Crippen molar-refractivity contribution in [2.24, 2.45) is 0 Å². The van der Waals surface area contributed by atoms with Crippen LogP contribution in [0, 0.1) is 0 Å². The zero-order valence-electron chi connectivity index (χ0n) is 15.3. The summed E-state index contributed by atoms with van der Waals surface area (Å²) in [6, 6.07) is 8.37. The van der Waals surface area contributed by atoms with Gasteiger partial charge in [0.1, 0.15) is 11.6 Å². The van der Waals surface area contributed by atoms with Crippen LogP contribution in [0.2, 0.25) is 0 Å². The Labute approximate surface area is 150 Å². The summed E-state index contributed by atoms with van der Waals surface area (Å²) in [6.07, 6.45) is 7.20. The van der Waals surface area contributed by atoms with Gasteiger partial charge in [0, 0.05) is 62.8 Å². The van der Waals surface area contributed by atoms with Gasteiger partial charge >= 0.3 is 0 Å². The lowest BCUT2D eigenvalue weighted by Gasteiger charge is -2.23. The molecule has 2 heterocycles. The van der Waals surface area contributed by atoms with Gasteiger partial charge in [-0.1, -0.05) is 6.92 Å². The molecule has 134 valence electrons. The maximum Gasteiger partial charge on any atom is 0.128 e. The Bertz CT molecular complexity index is 642. The van der Waals surface area contributed by atoms with E-state index in [1.165, 1.54) is 17.7 Å². The van der Waals surface area contributed by atoms with Gasteiger partial charge in [-0.2, -0.15) is 0 Å².